The summed E-state index contributed by atoms with van der Waals surface area (Å²) < 4.78 is 3.59. The van der Waals surface area contributed by atoms with E-state index in [9.17, 15) is 0 Å². The molecule has 8 heavy (non-hydrogen) atoms. The molecule has 1 aliphatic carbocycles. The topological polar surface area (TPSA) is 0 Å². The summed E-state index contributed by atoms with van der Waals surface area (Å²) in [6, 6.07) is 0. The molecule has 0 aromatic heterocycles. The fourth-order valence-corrected chi connectivity index (χ4v) is 2.08. The van der Waals surface area contributed by atoms with Crippen LogP contribution in [0.4, 0.5) is 0 Å². The van der Waals surface area contributed by atoms with Gasteiger partial charge in [0.15, 0.2) is 0 Å². The Morgan fingerprint density at radius 3 is 1.25 bits per heavy atom. The van der Waals surface area contributed by atoms with Crippen LogP contribution in [0.25, 0.3) is 0 Å². The van der Waals surface area contributed by atoms with Gasteiger partial charge in [0.2, 0.25) is 0 Å². The van der Waals surface area contributed by atoms with Gasteiger partial charge >= 0.3 is 80.6 Å². The second-order valence-corrected chi connectivity index (χ2v) is 5.68. The summed E-state index contributed by atoms with van der Waals surface area (Å²) in [5, 5.41) is 0. The molecule has 0 unspecified atom stereocenters. The van der Waals surface area contributed by atoms with Gasteiger partial charge in [-0.1, -0.05) is 0 Å². The fraction of sp³-hybridized carbons (Fsp3) is 0.667. The Balaban J connectivity index is 2.40. The van der Waals surface area contributed by atoms with Crippen molar-refractivity contribution in [1.29, 1.82) is 0 Å². The zero-order chi connectivity index (χ0) is 5.98. The van der Waals surface area contributed by atoms with Crippen molar-refractivity contribution in [3.8, 4) is 0 Å². The van der Waals surface area contributed by atoms with Crippen molar-refractivity contribution in [2.75, 3.05) is 0 Å². The first-order valence-corrected chi connectivity index (χ1v) is 5.37. The molecule has 0 radical (unpaired) electrons. The molecule has 0 bridgehead atoms. The number of rotatable bonds is 0. The third-order valence-corrected chi connectivity index (χ3v) is 3.92. The van der Waals surface area contributed by atoms with Crippen molar-refractivity contribution in [2.45, 2.75) is 25.7 Å². The van der Waals surface area contributed by atoms with E-state index in [2.05, 4.69) is 0 Å². The summed E-state index contributed by atoms with van der Waals surface area (Å²) >= 11 is 3.36. The molecule has 2 heteroatoms. The van der Waals surface area contributed by atoms with E-state index in [4.69, 9.17) is 0 Å². The predicted octanol–water partition coefficient (Wildman–Crippen LogP) is 0.999. The molecule has 0 atom stereocenters. The Kier molecular flexibility index (Phi) is 3.44. The number of hydrogen-bond acceptors (Lipinski definition) is 0. The van der Waals surface area contributed by atoms with Crippen LogP contribution in [0.3, 0.4) is 0 Å². The van der Waals surface area contributed by atoms with Crippen molar-refractivity contribution < 1.29 is 48.5 Å². The van der Waals surface area contributed by atoms with Crippen LogP contribution in [-0.4, -0.2) is 6.41 Å². The fourth-order valence-electron chi connectivity index (χ4n) is 0.854. The Morgan fingerprint density at radius 2 is 1.00 bits per heavy atom. The summed E-state index contributed by atoms with van der Waals surface area (Å²) in [6.07, 6.45) is 5.66. The molecule has 36 valence electrons. The van der Waals surface area contributed by atoms with E-state index in [0.717, 1.165) is 0 Å². The standard InChI is InChI=1S/C6H8.2Zr/c1-2-4-6-5-3-1;;/h1-2,5-6H2;;/q;2*+2. The average Bonchev–Trinajstić information content (AvgIpc) is 1.77. The minimum atomic E-state index is 1.42. The van der Waals surface area contributed by atoms with Gasteiger partial charge in [0.1, 0.15) is 0 Å². The Bertz CT molecular complexity index is 98.5. The second kappa shape index (κ2) is 3.62. The molecule has 0 aromatic carbocycles. The quantitative estimate of drug-likeness (QED) is 0.611. The van der Waals surface area contributed by atoms with Gasteiger partial charge in [-0.2, -0.15) is 0 Å². The van der Waals surface area contributed by atoms with E-state index in [1.54, 1.807) is 54.9 Å². The maximum atomic E-state index is 1.79. The van der Waals surface area contributed by atoms with E-state index < -0.39 is 0 Å². The van der Waals surface area contributed by atoms with Crippen LogP contribution < -0.4 is 0 Å². The molecule has 1 fully saturated rings. The molecule has 0 nitrogen and oxygen atoms in total. The van der Waals surface area contributed by atoms with Crippen molar-refractivity contribution in [1.82, 2.24) is 0 Å². The van der Waals surface area contributed by atoms with Gasteiger partial charge in [0, 0.05) is 0 Å². The summed E-state index contributed by atoms with van der Waals surface area (Å²) in [6.45, 7) is 0. The van der Waals surface area contributed by atoms with Crippen LogP contribution in [0, 0.1) is 0 Å². The van der Waals surface area contributed by atoms with Crippen LogP contribution in [0.5, 0.6) is 0 Å². The molecule has 1 rings (SSSR count). The summed E-state index contributed by atoms with van der Waals surface area (Å²) in [5.74, 6) is 0. The van der Waals surface area contributed by atoms with Gasteiger partial charge in [-0.25, -0.2) is 0 Å². The molecule has 1 aliphatic rings. The van der Waals surface area contributed by atoms with Crippen LogP contribution in [0.2, 0.25) is 0 Å². The third-order valence-electron chi connectivity index (χ3n) is 1.46. The van der Waals surface area contributed by atoms with Crippen molar-refractivity contribution in [3.05, 3.63) is 0 Å². The van der Waals surface area contributed by atoms with Crippen LogP contribution in [0.1, 0.15) is 25.7 Å². The molecule has 0 aromatic rings. The van der Waals surface area contributed by atoms with Crippen LogP contribution in [-0.2, 0) is 48.5 Å². The van der Waals surface area contributed by atoms with Gasteiger partial charge in [0.05, 0.1) is 0 Å². The zero-order valence-corrected chi connectivity index (χ0v) is 9.74. The van der Waals surface area contributed by atoms with E-state index in [-0.39, 0.29) is 0 Å². The van der Waals surface area contributed by atoms with Gasteiger partial charge in [0.25, 0.3) is 0 Å². The van der Waals surface area contributed by atoms with Gasteiger partial charge in [-0.05, 0) is 0 Å². The monoisotopic (exact) mass is 260 g/mol. The predicted molar refractivity (Wildman–Crippen MR) is 28.5 cm³/mol. The van der Waals surface area contributed by atoms with Crippen molar-refractivity contribution >= 4 is 6.41 Å². The minimum absolute atomic E-state index is 1.42. The summed E-state index contributed by atoms with van der Waals surface area (Å²) in [7, 11) is 0. The molecular weight excluding hydrogens is 255 g/mol. The van der Waals surface area contributed by atoms with Crippen LogP contribution >= 0.6 is 0 Å². The van der Waals surface area contributed by atoms with Crippen molar-refractivity contribution in [2.24, 2.45) is 0 Å². The first kappa shape index (κ1) is 7.61. The SMILES string of the molecule is [Zr+2]=[C]1CC[C](=[Zr+2])CC1. The van der Waals surface area contributed by atoms with E-state index in [0.29, 0.717) is 0 Å². The molecule has 0 heterocycles. The normalized spacial score (nSPS) is 22.0. The average molecular weight is 263 g/mol. The number of hydrogen-bond donors (Lipinski definition) is 0. The van der Waals surface area contributed by atoms with E-state index in [1.165, 1.54) is 25.7 Å². The van der Waals surface area contributed by atoms with E-state index >= 15 is 0 Å². The molecule has 0 saturated heterocycles. The van der Waals surface area contributed by atoms with Gasteiger partial charge < -0.3 is 0 Å². The molecule has 0 aliphatic heterocycles. The molecule has 0 N–H and O–H groups in total. The zero-order valence-electron chi connectivity index (χ0n) is 4.83. The van der Waals surface area contributed by atoms with E-state index in [1.807, 2.05) is 0 Å². The molecule has 0 spiro atoms. The first-order chi connectivity index (χ1) is 3.79. The Hall–Kier alpha value is 1.51. The van der Waals surface area contributed by atoms with Gasteiger partial charge in [-0.15, -0.1) is 0 Å². The molecule has 0 amide bonds. The Morgan fingerprint density at radius 1 is 0.750 bits per heavy atom. The van der Waals surface area contributed by atoms with Crippen molar-refractivity contribution in [3.63, 3.8) is 0 Å². The Labute approximate surface area is 79.7 Å². The van der Waals surface area contributed by atoms with Gasteiger partial charge in [-0.3, -0.25) is 0 Å². The second-order valence-electron chi connectivity index (χ2n) is 2.21. The summed E-state index contributed by atoms with van der Waals surface area (Å²) in [4.78, 5) is 0. The maximum absolute atomic E-state index is 1.79. The molecular formula is C6H8Zr2+4. The molecule has 1 saturated carbocycles. The van der Waals surface area contributed by atoms with Crippen LogP contribution in [0.15, 0.2) is 0 Å². The summed E-state index contributed by atoms with van der Waals surface area (Å²) in [5.41, 5.74) is 0. The third kappa shape index (κ3) is 2.40. The first-order valence-electron chi connectivity index (χ1n) is 2.91.